The first-order valence-electron chi connectivity index (χ1n) is 6.70. The number of piperidine rings is 1. The monoisotopic (exact) mass is 343 g/mol. The Hall–Kier alpha value is -0.590. The number of rotatable bonds is 4. The molecule has 0 aliphatic carbocycles. The summed E-state index contributed by atoms with van der Waals surface area (Å²) in [5.74, 6) is 1.14. The topological polar surface area (TPSA) is 29.8 Å². The molecule has 1 fully saturated rings. The van der Waals surface area contributed by atoms with Gasteiger partial charge in [0.05, 0.1) is 11.8 Å². The van der Waals surface area contributed by atoms with Gasteiger partial charge in [-0.1, -0.05) is 15.9 Å². The molecule has 1 saturated heterocycles. The van der Waals surface area contributed by atoms with Gasteiger partial charge >= 0.3 is 0 Å². The van der Waals surface area contributed by atoms with Gasteiger partial charge in [-0.2, -0.15) is 0 Å². The van der Waals surface area contributed by atoms with Gasteiger partial charge in [-0.25, -0.2) is 4.98 Å². The summed E-state index contributed by atoms with van der Waals surface area (Å²) >= 11 is 5.28. The zero-order chi connectivity index (χ0) is 13.2. The number of thiazole rings is 1. The first kappa shape index (κ1) is 13.4. The number of hydrogen-bond donors (Lipinski definition) is 0. The van der Waals surface area contributed by atoms with Crippen molar-refractivity contribution in [3.8, 4) is 0 Å². The second kappa shape index (κ2) is 5.81. The smallest absolute Gasteiger partial charge is 0.195 e. The second-order valence-corrected chi connectivity index (χ2v) is 6.15. The number of fused-ring (bicyclic) bond motifs is 1. The maximum atomic E-state index is 5.71. The number of hydrogen-bond acceptors (Lipinski definition) is 4. The predicted molar refractivity (Wildman–Crippen MR) is 82.6 cm³/mol. The SMILES string of the molecule is CCOC1CCN(c2nc3sccn3c2CBr)CC1. The van der Waals surface area contributed by atoms with E-state index in [2.05, 4.69) is 43.7 Å². The van der Waals surface area contributed by atoms with Crippen LogP contribution in [0.4, 0.5) is 5.82 Å². The van der Waals surface area contributed by atoms with E-state index in [9.17, 15) is 0 Å². The molecule has 0 saturated carbocycles. The van der Waals surface area contributed by atoms with Crippen LogP contribution in [0.5, 0.6) is 0 Å². The van der Waals surface area contributed by atoms with Crippen molar-refractivity contribution in [2.75, 3.05) is 24.6 Å². The average molecular weight is 344 g/mol. The van der Waals surface area contributed by atoms with Gasteiger partial charge in [-0.3, -0.25) is 4.40 Å². The number of aromatic nitrogens is 2. The van der Waals surface area contributed by atoms with Crippen molar-refractivity contribution in [2.45, 2.75) is 31.2 Å². The molecule has 3 heterocycles. The Morgan fingerprint density at radius 3 is 2.95 bits per heavy atom. The molecule has 0 atom stereocenters. The van der Waals surface area contributed by atoms with E-state index < -0.39 is 0 Å². The first-order chi connectivity index (χ1) is 9.33. The Morgan fingerprint density at radius 2 is 2.26 bits per heavy atom. The fraction of sp³-hybridized carbons (Fsp3) is 0.615. The fourth-order valence-electron chi connectivity index (χ4n) is 2.67. The lowest BCUT2D eigenvalue weighted by Crippen LogP contribution is -2.37. The Kier molecular flexibility index (Phi) is 4.10. The molecular weight excluding hydrogens is 326 g/mol. The molecule has 0 amide bonds. The Morgan fingerprint density at radius 1 is 1.47 bits per heavy atom. The summed E-state index contributed by atoms with van der Waals surface area (Å²) in [6.07, 6.45) is 4.72. The summed E-state index contributed by atoms with van der Waals surface area (Å²) in [6, 6.07) is 0. The minimum atomic E-state index is 0.428. The number of alkyl halides is 1. The minimum absolute atomic E-state index is 0.428. The highest BCUT2D eigenvalue weighted by atomic mass is 79.9. The zero-order valence-corrected chi connectivity index (χ0v) is 13.4. The molecule has 0 radical (unpaired) electrons. The standard InChI is InChI=1S/C13H18BrN3OS/c1-2-18-10-3-5-16(6-4-10)12-11(9-14)17-7-8-19-13(17)15-12/h7-8,10H,2-6,9H2,1H3. The molecule has 2 aromatic rings. The van der Waals surface area contributed by atoms with E-state index in [1.165, 1.54) is 5.69 Å². The maximum absolute atomic E-state index is 5.71. The van der Waals surface area contributed by atoms with E-state index in [-0.39, 0.29) is 0 Å². The van der Waals surface area contributed by atoms with Crippen LogP contribution in [-0.4, -0.2) is 35.2 Å². The summed E-state index contributed by atoms with van der Waals surface area (Å²) in [6.45, 7) is 4.96. The second-order valence-electron chi connectivity index (χ2n) is 4.71. The molecule has 0 spiro atoms. The first-order valence-corrected chi connectivity index (χ1v) is 8.70. The van der Waals surface area contributed by atoms with E-state index in [1.807, 2.05) is 0 Å². The van der Waals surface area contributed by atoms with Crippen molar-refractivity contribution >= 4 is 38.0 Å². The molecule has 3 rings (SSSR count). The fourth-order valence-corrected chi connectivity index (χ4v) is 3.92. The molecule has 19 heavy (non-hydrogen) atoms. The van der Waals surface area contributed by atoms with Crippen molar-refractivity contribution in [1.82, 2.24) is 9.38 Å². The van der Waals surface area contributed by atoms with Crippen LogP contribution in [0.2, 0.25) is 0 Å². The number of imidazole rings is 1. The van der Waals surface area contributed by atoms with Crippen molar-refractivity contribution in [2.24, 2.45) is 0 Å². The van der Waals surface area contributed by atoms with Crippen molar-refractivity contribution in [1.29, 1.82) is 0 Å². The van der Waals surface area contributed by atoms with Gasteiger partial charge in [0.2, 0.25) is 0 Å². The molecule has 6 heteroatoms. The highest BCUT2D eigenvalue weighted by Gasteiger charge is 2.24. The van der Waals surface area contributed by atoms with Crippen LogP contribution in [0.3, 0.4) is 0 Å². The van der Waals surface area contributed by atoms with Crippen molar-refractivity contribution in [3.63, 3.8) is 0 Å². The van der Waals surface area contributed by atoms with Crippen molar-refractivity contribution < 1.29 is 4.74 Å². The average Bonchev–Trinajstić information content (AvgIpc) is 3.00. The number of halogens is 1. The third-order valence-electron chi connectivity index (χ3n) is 3.61. The molecule has 1 aliphatic heterocycles. The van der Waals surface area contributed by atoms with Gasteiger partial charge in [0.1, 0.15) is 0 Å². The highest BCUT2D eigenvalue weighted by Crippen LogP contribution is 2.29. The van der Waals surface area contributed by atoms with Crippen LogP contribution >= 0.6 is 27.3 Å². The molecule has 104 valence electrons. The number of anilines is 1. The van der Waals surface area contributed by atoms with E-state index in [0.29, 0.717) is 6.10 Å². The molecule has 0 N–H and O–H groups in total. The summed E-state index contributed by atoms with van der Waals surface area (Å²) in [5, 5.41) is 2.92. The Bertz CT molecular complexity index is 545. The Labute approximate surface area is 125 Å². The molecule has 1 aliphatic rings. The minimum Gasteiger partial charge on any atom is -0.378 e. The van der Waals surface area contributed by atoms with E-state index in [4.69, 9.17) is 9.72 Å². The van der Waals surface area contributed by atoms with Gasteiger partial charge in [0.15, 0.2) is 10.8 Å². The van der Waals surface area contributed by atoms with Gasteiger partial charge in [0.25, 0.3) is 0 Å². The molecule has 2 aromatic heterocycles. The van der Waals surface area contributed by atoms with Gasteiger partial charge in [-0.15, -0.1) is 11.3 Å². The predicted octanol–water partition coefficient (Wildman–Crippen LogP) is 3.30. The van der Waals surface area contributed by atoms with E-state index >= 15 is 0 Å². The summed E-state index contributed by atoms with van der Waals surface area (Å²) < 4.78 is 7.89. The number of ether oxygens (including phenoxy) is 1. The van der Waals surface area contributed by atoms with E-state index in [1.54, 1.807) is 11.3 Å². The maximum Gasteiger partial charge on any atom is 0.195 e. The summed E-state index contributed by atoms with van der Waals surface area (Å²) in [7, 11) is 0. The normalized spacial score (nSPS) is 17.5. The van der Waals surface area contributed by atoms with Gasteiger partial charge in [-0.05, 0) is 19.8 Å². The lowest BCUT2D eigenvalue weighted by atomic mass is 10.1. The third kappa shape index (κ3) is 2.53. The van der Waals surface area contributed by atoms with E-state index in [0.717, 1.165) is 48.6 Å². The van der Waals surface area contributed by atoms with Crippen molar-refractivity contribution in [3.05, 3.63) is 17.3 Å². The van der Waals surface area contributed by atoms with Gasteiger partial charge < -0.3 is 9.64 Å². The largest absolute Gasteiger partial charge is 0.378 e. The van der Waals surface area contributed by atoms with Crippen LogP contribution in [0.25, 0.3) is 4.96 Å². The summed E-state index contributed by atoms with van der Waals surface area (Å²) in [4.78, 5) is 8.25. The lowest BCUT2D eigenvalue weighted by molar-refractivity contribution is 0.0458. The van der Waals surface area contributed by atoms with Crippen LogP contribution in [-0.2, 0) is 10.1 Å². The summed E-state index contributed by atoms with van der Waals surface area (Å²) in [5.41, 5.74) is 1.26. The molecule has 0 unspecified atom stereocenters. The quantitative estimate of drug-likeness (QED) is 0.797. The highest BCUT2D eigenvalue weighted by molar-refractivity contribution is 9.08. The molecule has 4 nitrogen and oxygen atoms in total. The molecule has 0 bridgehead atoms. The third-order valence-corrected chi connectivity index (χ3v) is 4.90. The van der Waals surface area contributed by atoms with Crippen LogP contribution in [0, 0.1) is 0 Å². The lowest BCUT2D eigenvalue weighted by Gasteiger charge is -2.32. The molecular formula is C13H18BrN3OS. The Balaban J connectivity index is 1.79. The zero-order valence-electron chi connectivity index (χ0n) is 11.0. The van der Waals surface area contributed by atoms with Crippen LogP contribution < -0.4 is 4.90 Å². The van der Waals surface area contributed by atoms with Crippen LogP contribution in [0.1, 0.15) is 25.5 Å². The number of nitrogens with zero attached hydrogens (tertiary/aromatic N) is 3. The molecule has 0 aromatic carbocycles. The van der Waals surface area contributed by atoms with Crippen LogP contribution in [0.15, 0.2) is 11.6 Å². The van der Waals surface area contributed by atoms with Gasteiger partial charge in [0, 0.05) is 36.6 Å².